The Hall–Kier alpha value is -1.32. The summed E-state index contributed by atoms with van der Waals surface area (Å²) in [5.74, 6) is -4.23. The Labute approximate surface area is 984 Å². The van der Waals surface area contributed by atoms with Crippen LogP contribution in [0, 0.1) is 36.2 Å². The fourth-order valence-corrected chi connectivity index (χ4v) is 14.6. The molecule has 0 bridgehead atoms. The Morgan fingerprint density at radius 2 is 0.738 bits per heavy atom. The van der Waals surface area contributed by atoms with Gasteiger partial charge in [0, 0.05) is 90.0 Å². The molecule has 9 N–H and O–H groups in total. The van der Waals surface area contributed by atoms with E-state index in [-0.39, 0.29) is 415 Å². The van der Waals surface area contributed by atoms with Crippen molar-refractivity contribution in [3.63, 3.8) is 0 Å². The molecule has 8 aromatic heterocycles. The van der Waals surface area contributed by atoms with Crippen molar-refractivity contribution >= 4 is 99.3 Å². The Balaban J connectivity index is -0.000000680. The molecule has 122 heavy (non-hydrogen) atoms. The first kappa shape index (κ1) is 127. The molecule has 9 aromatic rings. The topological polar surface area (TPSA) is 523 Å². The number of hydrogen-bond donors (Lipinski definition) is 3. The SMILES string of the molecule is CC1Cc2c[c-]c(Cl)cc2-c2c1cc(C(=O)O)c(=O)n2C.CC1Cc2c[c-]c(Cl)nc2-c2c1cc(C(=O)O)c(=O)n2C.CC1Cc2c[c-]c(Cl)nc2-c2c1cc(C(=O)O)c(=O)n2C.CN=C1CC(C)Cc2c[c-]c(Cl)nc21.CO/C=C(/C(C)=O)C(=O)OC.COC(=O)c1cc2c(n(C)c1=O)-c1nc(Cl)[c-]cc1CC2C.[Li+].[OH-].[OH-].[OH-].[OH-].[OH-].[OH-].[Rb+].[Rb+].[Rb+].[Rb+].[Rb+]. The molecule has 8 heterocycles. The van der Waals surface area contributed by atoms with Gasteiger partial charge in [0.05, 0.1) is 38.4 Å². The number of esters is 2. The molecule has 14 rings (SSSR count). The van der Waals surface area contributed by atoms with Gasteiger partial charge in [-0.05, 0) is 89.5 Å². The minimum Gasteiger partial charge on any atom is -0.870 e. The van der Waals surface area contributed by atoms with E-state index in [4.69, 9.17) is 73.0 Å². The number of carbonyl (C=O) groups excluding carboxylic acids is 3. The molecule has 0 spiro atoms. The second kappa shape index (κ2) is 56.5. The van der Waals surface area contributed by atoms with E-state index in [1.165, 1.54) is 70.3 Å². The molecule has 0 aliphatic heterocycles. The summed E-state index contributed by atoms with van der Waals surface area (Å²) in [4.78, 5) is 137. The standard InChI is InChI=1S/C16H14ClN2O3.C16H13ClNO3.2C15H12ClN2O3.C11H12ClN2.C7H10O4.Li.6H2O.5Rb/c1-8-6-9-4-5-12(17)18-13(9)14-10(8)7-11(16(21)22-3)15(20)19(14)2;1-8-5-9-3-4-10(17)6-12(9)14-11(8)7-13(16(20)21)15(19)18(14)2;2*1-7-5-8-3-4-11(16)17-12(8)13-9(7)6-10(15(20)21)14(19)18(13)2;1-7-5-8-3-4-10(12)14-11(8)9(6-7)13-2;1-5(8)6(4-10-2)7(9)11-3;;;;;;;;;;;;/h4,7-8H,6H2,1-3H3;3,6-8H,5H2,1-2H3,(H,20,21);2*3,6-7H,5H2,1-2H3,(H,20,21);3,7H,5-6H2,1-2H3;4H,1-3H3;;6*1H2;;;;;/q5*-1;;+1;;;;;;;5*+1/p-6/b;;;;;6-4-;;;;;;;;;;;;. The number of hydrogen-bond acceptors (Lipinski definition) is 24. The Kier molecular flexibility index (Phi) is 58.8. The molecule has 5 atom stereocenters. The van der Waals surface area contributed by atoms with Crippen molar-refractivity contribution in [2.75, 3.05) is 28.4 Å². The molecule has 0 saturated carbocycles. The van der Waals surface area contributed by atoms with Gasteiger partial charge < -0.3 is 80.7 Å². The van der Waals surface area contributed by atoms with Gasteiger partial charge in [-0.15, -0.1) is 28.8 Å². The number of carboxylic acid groups (broad SMARTS) is 3. The summed E-state index contributed by atoms with van der Waals surface area (Å²) < 4.78 is 19.1. The Morgan fingerprint density at radius 3 is 1.05 bits per heavy atom. The number of rotatable bonds is 7. The van der Waals surface area contributed by atoms with Gasteiger partial charge in [-0.1, -0.05) is 118 Å². The minimum atomic E-state index is -1.22. The summed E-state index contributed by atoms with van der Waals surface area (Å²) >= 11 is 29.6. The van der Waals surface area contributed by atoms with Crippen molar-refractivity contribution in [2.24, 2.45) is 39.1 Å². The van der Waals surface area contributed by atoms with Crippen LogP contribution in [0.1, 0.15) is 169 Å². The van der Waals surface area contributed by atoms with Crippen LogP contribution in [-0.2, 0) is 84.1 Å². The monoisotopic (exact) mass is 2120 g/mol. The first-order chi connectivity index (χ1) is 52.0. The van der Waals surface area contributed by atoms with E-state index in [1.54, 1.807) is 52.5 Å². The number of carbonyl (C=O) groups is 6. The number of fused-ring (bicyclic) bond motifs is 13. The molecule has 42 heteroatoms. The largest absolute Gasteiger partial charge is 1.00 e. The Morgan fingerprint density at radius 1 is 0.443 bits per heavy atom. The number of aromatic carboxylic acids is 3. The fraction of sp³-hybridized carbons (Fsp3) is 0.312. The molecular weight excluding hydrogens is 2050 g/mol. The average molecular weight is 2130 g/mol. The molecule has 0 amide bonds. The molecule has 622 valence electrons. The third-order valence-corrected chi connectivity index (χ3v) is 20.2. The van der Waals surface area contributed by atoms with Crippen LogP contribution in [0.2, 0.25) is 25.6 Å². The van der Waals surface area contributed by atoms with E-state index in [1.807, 2.05) is 52.9 Å². The number of halogens is 5. The molecule has 5 unspecified atom stereocenters. The molecular formula is C80H79Cl5LiN9O22Rb5-5. The molecule has 0 radical (unpaired) electrons. The normalized spacial score (nSPS) is 14.9. The number of nitrogens with zero attached hydrogens (tertiary/aromatic N) is 9. The van der Waals surface area contributed by atoms with Crippen molar-refractivity contribution in [1.29, 1.82) is 0 Å². The van der Waals surface area contributed by atoms with Crippen LogP contribution in [-0.4, -0.2) is 156 Å². The smallest absolute Gasteiger partial charge is 0.870 e. The number of aliphatic imine (C=N–C) groups is 1. The molecule has 0 fully saturated rings. The predicted molar refractivity (Wildman–Crippen MR) is 425 cm³/mol. The summed E-state index contributed by atoms with van der Waals surface area (Å²) in [5.41, 5.74) is 13.4. The van der Waals surface area contributed by atoms with E-state index in [0.29, 0.717) is 63.1 Å². The second-order valence-electron chi connectivity index (χ2n) is 26.7. The first-order valence-corrected chi connectivity index (χ1v) is 35.9. The summed E-state index contributed by atoms with van der Waals surface area (Å²) in [6.07, 6.45) is 6.05. The van der Waals surface area contributed by atoms with E-state index < -0.39 is 52.1 Å². The zero-order valence-electron chi connectivity index (χ0n) is 70.7. The van der Waals surface area contributed by atoms with Crippen molar-refractivity contribution in [3.05, 3.63) is 248 Å². The second-order valence-corrected chi connectivity index (χ2v) is 28.6. The molecule has 5 aliphatic carbocycles. The van der Waals surface area contributed by atoms with Gasteiger partial charge in [0.15, 0.2) is 5.78 Å². The summed E-state index contributed by atoms with van der Waals surface area (Å²) in [7, 11) is 12.0. The molecule has 5 aliphatic rings. The molecule has 0 saturated heterocycles. The number of carboxylic acids is 3. The minimum absolute atomic E-state index is 0. The zero-order chi connectivity index (χ0) is 80.9. The van der Waals surface area contributed by atoms with Gasteiger partial charge in [0.1, 0.15) is 34.1 Å². The van der Waals surface area contributed by atoms with Gasteiger partial charge in [0.25, 0.3) is 22.2 Å². The van der Waals surface area contributed by atoms with Crippen LogP contribution in [0.3, 0.4) is 0 Å². The maximum atomic E-state index is 12.4. The predicted octanol–water partition coefficient (Wildman–Crippen LogP) is -6.49. The first-order valence-electron chi connectivity index (χ1n) is 34.0. The summed E-state index contributed by atoms with van der Waals surface area (Å²) in [6.45, 7) is 11.5. The third kappa shape index (κ3) is 29.3. The fourth-order valence-electron chi connectivity index (χ4n) is 13.9. The summed E-state index contributed by atoms with van der Waals surface area (Å²) in [6, 6.07) is 31.4. The molecule has 31 nitrogen and oxygen atoms in total. The third-order valence-electron chi connectivity index (χ3n) is 19.2. The van der Waals surface area contributed by atoms with E-state index in [0.717, 1.165) is 99.1 Å². The van der Waals surface area contributed by atoms with E-state index in [9.17, 15) is 53.1 Å². The number of ether oxygens (including phenoxy) is 3. The number of benzene rings is 1. The van der Waals surface area contributed by atoms with Crippen molar-refractivity contribution in [1.82, 2.24) is 38.2 Å². The van der Waals surface area contributed by atoms with Gasteiger partial charge in [-0.3, -0.25) is 48.9 Å². The maximum absolute atomic E-state index is 12.4. The maximum Gasteiger partial charge on any atom is 1.00 e. The zero-order valence-corrected chi connectivity index (χ0v) is 99.1. The van der Waals surface area contributed by atoms with E-state index >= 15 is 0 Å². The number of Topliss-reactive ketones (excluding diaryl/α,β-unsaturated/α-hetero) is 1. The van der Waals surface area contributed by atoms with Crippen LogP contribution in [0.15, 0.2) is 96.7 Å². The van der Waals surface area contributed by atoms with Crippen molar-refractivity contribution in [2.45, 2.75) is 104 Å². The number of methoxy groups -OCH3 is 3. The van der Waals surface area contributed by atoms with E-state index in [2.05, 4.69) is 71.7 Å². The van der Waals surface area contributed by atoms with Crippen LogP contribution in [0.5, 0.6) is 0 Å². The van der Waals surface area contributed by atoms with Crippen LogP contribution in [0.4, 0.5) is 0 Å². The van der Waals surface area contributed by atoms with Crippen LogP contribution < -0.4 is 332 Å². The van der Waals surface area contributed by atoms with Gasteiger partial charge >= 0.3 is 340 Å². The quantitative estimate of drug-likeness (QED) is 0.0195. The van der Waals surface area contributed by atoms with Crippen molar-refractivity contribution in [3.8, 4) is 45.4 Å². The van der Waals surface area contributed by atoms with Crippen molar-refractivity contribution < 1.29 is 401 Å². The Bertz CT molecular complexity index is 5310. The van der Waals surface area contributed by atoms with Gasteiger partial charge in [0.2, 0.25) is 0 Å². The number of pyridine rings is 8. The van der Waals surface area contributed by atoms with Gasteiger partial charge in [-0.2, -0.15) is 34.4 Å². The average Bonchev–Trinajstić information content (AvgIpc) is 0.764. The number of ketones is 1. The van der Waals surface area contributed by atoms with Gasteiger partial charge in [-0.25, -0.2) is 72.5 Å². The van der Waals surface area contributed by atoms with Crippen LogP contribution in [0.25, 0.3) is 45.4 Å². The van der Waals surface area contributed by atoms with Crippen LogP contribution >= 0.6 is 58.0 Å². The summed E-state index contributed by atoms with van der Waals surface area (Å²) in [5, 5.41) is 29.1. The number of aromatic nitrogens is 8. The molecule has 1 aromatic carbocycles.